The molecule has 136 valence electrons. The molecule has 4 nitrogen and oxygen atoms in total. The fourth-order valence-electron chi connectivity index (χ4n) is 2.64. The molecule has 0 radical (unpaired) electrons. The first-order chi connectivity index (χ1) is 11.1. The lowest BCUT2D eigenvalue weighted by Crippen LogP contribution is -2.49. The first-order valence-electron chi connectivity index (χ1n) is 7.07. The molecule has 1 aromatic carbocycles. The molecule has 1 saturated heterocycles. The Kier molecular flexibility index (Phi) is 5.49. The van der Waals surface area contributed by atoms with Crippen LogP contribution in [0.4, 0.5) is 26.3 Å². The van der Waals surface area contributed by atoms with Crippen LogP contribution in [0.15, 0.2) is 18.2 Å². The number of methoxy groups -OCH3 is 1. The summed E-state index contributed by atoms with van der Waals surface area (Å²) < 4.78 is 86.5. The first kappa shape index (κ1) is 18.7. The van der Waals surface area contributed by atoms with Crippen molar-refractivity contribution in [2.24, 2.45) is 0 Å². The van der Waals surface area contributed by atoms with Crippen molar-refractivity contribution < 1.29 is 35.8 Å². The van der Waals surface area contributed by atoms with Crippen molar-refractivity contribution in [1.82, 2.24) is 10.2 Å². The smallest absolute Gasteiger partial charge is 0.496 e. The lowest BCUT2D eigenvalue weighted by atomic mass is 10.0. The Balaban J connectivity index is 2.44. The molecule has 1 atom stereocenters. The molecule has 0 spiro atoms. The van der Waals surface area contributed by atoms with Gasteiger partial charge >= 0.3 is 12.5 Å². The summed E-state index contributed by atoms with van der Waals surface area (Å²) in [6.45, 7) is 0.927. The fraction of sp³-hybridized carbons (Fsp3) is 0.571. The zero-order valence-electron chi connectivity index (χ0n) is 12.7. The highest BCUT2D eigenvalue weighted by Crippen LogP contribution is 2.43. The van der Waals surface area contributed by atoms with Gasteiger partial charge in [0.1, 0.15) is 17.5 Å². The van der Waals surface area contributed by atoms with E-state index in [2.05, 4.69) is 10.1 Å². The Morgan fingerprint density at radius 2 is 1.71 bits per heavy atom. The second-order valence-corrected chi connectivity index (χ2v) is 5.18. The number of piperazine rings is 1. The average Bonchev–Trinajstić information content (AvgIpc) is 2.46. The van der Waals surface area contributed by atoms with E-state index >= 15 is 0 Å². The summed E-state index contributed by atoms with van der Waals surface area (Å²) in [5, 5.41) is 2.93. The minimum atomic E-state index is -4.99. The number of hydrogen-bond donors (Lipinski definition) is 1. The molecular weight excluding hydrogens is 342 g/mol. The molecule has 0 aromatic heterocycles. The summed E-state index contributed by atoms with van der Waals surface area (Å²) in [6, 6.07) is 0.608. The minimum absolute atomic E-state index is 0.109. The molecule has 1 fully saturated rings. The van der Waals surface area contributed by atoms with Gasteiger partial charge in [-0.2, -0.15) is 13.2 Å². The van der Waals surface area contributed by atoms with Crippen molar-refractivity contribution in [3.05, 3.63) is 23.8 Å². The van der Waals surface area contributed by atoms with Crippen molar-refractivity contribution in [1.29, 1.82) is 0 Å². The van der Waals surface area contributed by atoms with Crippen LogP contribution < -0.4 is 14.8 Å². The molecule has 0 unspecified atom stereocenters. The van der Waals surface area contributed by atoms with E-state index in [9.17, 15) is 26.3 Å². The van der Waals surface area contributed by atoms with Gasteiger partial charge in [0.05, 0.1) is 7.11 Å². The number of halogens is 6. The van der Waals surface area contributed by atoms with Gasteiger partial charge in [0.25, 0.3) is 0 Å². The van der Waals surface area contributed by atoms with Crippen molar-refractivity contribution in [3.63, 3.8) is 0 Å². The third kappa shape index (κ3) is 4.67. The van der Waals surface area contributed by atoms with Crippen LogP contribution in [0.1, 0.15) is 11.6 Å². The summed E-state index contributed by atoms with van der Waals surface area (Å²) in [7, 11) is 1.16. The Labute approximate surface area is 134 Å². The summed E-state index contributed by atoms with van der Waals surface area (Å²) in [5.74, 6) is -0.868. The highest BCUT2D eigenvalue weighted by Gasteiger charge is 2.46. The van der Waals surface area contributed by atoms with Crippen molar-refractivity contribution in [2.75, 3.05) is 33.3 Å². The van der Waals surface area contributed by atoms with Crippen LogP contribution in [-0.2, 0) is 0 Å². The van der Waals surface area contributed by atoms with Gasteiger partial charge in [-0.3, -0.25) is 4.90 Å². The molecule has 0 saturated carbocycles. The van der Waals surface area contributed by atoms with Crippen LogP contribution in [0.5, 0.6) is 11.5 Å². The monoisotopic (exact) mass is 358 g/mol. The number of nitrogens with one attached hydrogen (secondary N) is 1. The van der Waals surface area contributed by atoms with Gasteiger partial charge in [0.15, 0.2) is 0 Å². The van der Waals surface area contributed by atoms with Crippen molar-refractivity contribution in [2.45, 2.75) is 18.6 Å². The van der Waals surface area contributed by atoms with Crippen LogP contribution in [0.2, 0.25) is 0 Å². The predicted molar refractivity (Wildman–Crippen MR) is 72.9 cm³/mol. The van der Waals surface area contributed by atoms with E-state index in [1.807, 2.05) is 0 Å². The van der Waals surface area contributed by atoms with E-state index in [-0.39, 0.29) is 18.8 Å². The van der Waals surface area contributed by atoms with Gasteiger partial charge in [-0.25, -0.2) is 0 Å². The molecule has 1 heterocycles. The summed E-state index contributed by atoms with van der Waals surface area (Å²) in [4.78, 5) is 1.16. The lowest BCUT2D eigenvalue weighted by Gasteiger charge is -2.36. The molecule has 0 bridgehead atoms. The molecular formula is C14H16F6N2O2. The molecule has 1 aliphatic heterocycles. The van der Waals surface area contributed by atoms with Gasteiger partial charge < -0.3 is 14.8 Å². The van der Waals surface area contributed by atoms with Crippen molar-refractivity contribution in [3.8, 4) is 11.5 Å². The fourth-order valence-corrected chi connectivity index (χ4v) is 2.64. The standard InChI is InChI=1S/C14H16F6N2O2/c1-23-11-3-2-9(24-14(18,19)20)8-10(11)12(13(15,16)17)22-6-4-21-5-7-22/h2-3,8,12,21H,4-7H2,1H3/t12-/m1/s1. The number of hydrogen-bond acceptors (Lipinski definition) is 4. The Hall–Kier alpha value is -1.68. The Bertz CT molecular complexity index is 555. The number of alkyl halides is 6. The maximum absolute atomic E-state index is 13.6. The first-order valence-corrected chi connectivity index (χ1v) is 7.07. The number of nitrogens with zero attached hydrogens (tertiary/aromatic N) is 1. The second kappa shape index (κ2) is 7.06. The molecule has 0 amide bonds. The van der Waals surface area contributed by atoms with Gasteiger partial charge in [0, 0.05) is 31.7 Å². The Morgan fingerprint density at radius 3 is 2.21 bits per heavy atom. The second-order valence-electron chi connectivity index (χ2n) is 5.18. The van der Waals surface area contributed by atoms with Gasteiger partial charge in [-0.1, -0.05) is 0 Å². The summed E-state index contributed by atoms with van der Waals surface area (Å²) in [6.07, 6.45) is -9.67. The average molecular weight is 358 g/mol. The van der Waals surface area contributed by atoms with E-state index in [4.69, 9.17) is 4.74 Å². The van der Waals surface area contributed by atoms with Gasteiger partial charge in [-0.05, 0) is 18.2 Å². The van der Waals surface area contributed by atoms with E-state index < -0.39 is 29.9 Å². The van der Waals surface area contributed by atoms with E-state index in [1.165, 1.54) is 0 Å². The topological polar surface area (TPSA) is 33.7 Å². The van der Waals surface area contributed by atoms with E-state index in [0.29, 0.717) is 13.1 Å². The third-order valence-electron chi connectivity index (χ3n) is 3.56. The lowest BCUT2D eigenvalue weighted by molar-refractivity contribution is -0.274. The number of ether oxygens (including phenoxy) is 2. The highest BCUT2D eigenvalue weighted by atomic mass is 19.4. The van der Waals surface area contributed by atoms with Crippen LogP contribution in [0.25, 0.3) is 0 Å². The highest BCUT2D eigenvalue weighted by molar-refractivity contribution is 5.43. The third-order valence-corrected chi connectivity index (χ3v) is 3.56. The van der Waals surface area contributed by atoms with Gasteiger partial charge in [0.2, 0.25) is 0 Å². The largest absolute Gasteiger partial charge is 0.573 e. The SMILES string of the molecule is COc1ccc(OC(F)(F)F)cc1[C@@H](N1CCNCC1)C(F)(F)F. The van der Waals surface area contributed by atoms with Gasteiger partial charge in [-0.15, -0.1) is 13.2 Å². The maximum Gasteiger partial charge on any atom is 0.573 e. The molecule has 1 N–H and O–H groups in total. The summed E-state index contributed by atoms with van der Waals surface area (Å²) >= 11 is 0. The molecule has 24 heavy (non-hydrogen) atoms. The normalized spacial score (nSPS) is 18.3. The molecule has 0 aliphatic carbocycles. The quantitative estimate of drug-likeness (QED) is 0.839. The van der Waals surface area contributed by atoms with Crippen molar-refractivity contribution >= 4 is 0 Å². The minimum Gasteiger partial charge on any atom is -0.496 e. The van der Waals surface area contributed by atoms with E-state index in [0.717, 1.165) is 30.2 Å². The van der Waals surface area contributed by atoms with Crippen LogP contribution in [0.3, 0.4) is 0 Å². The molecule has 2 rings (SSSR count). The Morgan fingerprint density at radius 1 is 1.08 bits per heavy atom. The zero-order valence-corrected chi connectivity index (χ0v) is 12.7. The molecule has 1 aliphatic rings. The van der Waals surface area contributed by atoms with Crippen LogP contribution in [0, 0.1) is 0 Å². The van der Waals surface area contributed by atoms with Crippen LogP contribution in [-0.4, -0.2) is 50.7 Å². The number of benzene rings is 1. The summed E-state index contributed by atoms with van der Waals surface area (Å²) in [5.41, 5.74) is -0.409. The number of rotatable bonds is 4. The van der Waals surface area contributed by atoms with E-state index in [1.54, 1.807) is 0 Å². The van der Waals surface area contributed by atoms with Crippen LogP contribution >= 0.6 is 0 Å². The maximum atomic E-state index is 13.6. The zero-order chi connectivity index (χ0) is 18.0. The predicted octanol–water partition coefficient (Wildman–Crippen LogP) is 3.10. The molecule has 1 aromatic rings. The molecule has 10 heteroatoms.